The molecule has 1 saturated heterocycles. The third kappa shape index (κ3) is 3.68. The topological polar surface area (TPSA) is 107 Å². The van der Waals surface area contributed by atoms with Gasteiger partial charge in [0.2, 0.25) is 18.2 Å². The summed E-state index contributed by atoms with van der Waals surface area (Å²) in [6, 6.07) is 3.37. The van der Waals surface area contributed by atoms with Gasteiger partial charge in [0.1, 0.15) is 6.04 Å². The summed E-state index contributed by atoms with van der Waals surface area (Å²) in [5.74, 6) is -0.393. The number of hydrogen-bond acceptors (Lipinski definition) is 4. The van der Waals surface area contributed by atoms with E-state index in [1.54, 1.807) is 17.3 Å². The number of carbonyl (C=O) groups is 3. The van der Waals surface area contributed by atoms with Crippen molar-refractivity contribution in [3.63, 3.8) is 0 Å². The van der Waals surface area contributed by atoms with E-state index in [1.807, 2.05) is 19.1 Å². The van der Waals surface area contributed by atoms with Crippen LogP contribution in [0.3, 0.4) is 0 Å². The highest BCUT2D eigenvalue weighted by molar-refractivity contribution is 5.90. The number of carbonyl (C=O) groups excluding carboxylic acids is 3. The average molecular weight is 357 g/mol. The van der Waals surface area contributed by atoms with Gasteiger partial charge in [0.15, 0.2) is 0 Å². The van der Waals surface area contributed by atoms with E-state index >= 15 is 0 Å². The van der Waals surface area contributed by atoms with E-state index in [0.717, 1.165) is 29.4 Å². The molecule has 2 aromatic rings. The van der Waals surface area contributed by atoms with Gasteiger partial charge in [-0.05, 0) is 31.4 Å². The predicted molar refractivity (Wildman–Crippen MR) is 96.0 cm³/mol. The van der Waals surface area contributed by atoms with Gasteiger partial charge in [-0.1, -0.05) is 6.92 Å². The van der Waals surface area contributed by atoms with Gasteiger partial charge in [0.05, 0.1) is 13.1 Å². The molecule has 0 bridgehead atoms. The highest BCUT2D eigenvalue weighted by atomic mass is 16.2. The molecule has 3 N–H and O–H groups in total. The van der Waals surface area contributed by atoms with Crippen molar-refractivity contribution in [1.82, 2.24) is 25.5 Å². The molecule has 26 heavy (non-hydrogen) atoms. The van der Waals surface area contributed by atoms with Gasteiger partial charge in [-0.25, -0.2) is 0 Å². The number of hydrogen-bond donors (Lipinski definition) is 3. The summed E-state index contributed by atoms with van der Waals surface area (Å²) in [6.07, 6.45) is 6.18. The minimum absolute atomic E-state index is 0.0332. The summed E-state index contributed by atoms with van der Waals surface area (Å²) < 4.78 is 0. The van der Waals surface area contributed by atoms with E-state index < -0.39 is 6.04 Å². The van der Waals surface area contributed by atoms with Crippen LogP contribution in [0.5, 0.6) is 0 Å². The van der Waals surface area contributed by atoms with Gasteiger partial charge >= 0.3 is 0 Å². The fourth-order valence-corrected chi connectivity index (χ4v) is 3.57. The van der Waals surface area contributed by atoms with Crippen molar-refractivity contribution in [2.24, 2.45) is 0 Å². The molecular formula is C18H23N5O3. The number of H-pyrrole nitrogens is 1. The molecule has 3 rings (SSSR count). The molecule has 0 saturated carbocycles. The number of nitrogens with zero attached hydrogens (tertiary/aromatic N) is 2. The van der Waals surface area contributed by atoms with Crippen molar-refractivity contribution >= 4 is 29.1 Å². The van der Waals surface area contributed by atoms with Crippen molar-refractivity contribution in [2.45, 2.75) is 44.8 Å². The van der Waals surface area contributed by atoms with Gasteiger partial charge in [-0.3, -0.25) is 19.4 Å². The lowest BCUT2D eigenvalue weighted by atomic mass is 10.1. The zero-order valence-electron chi connectivity index (χ0n) is 14.7. The molecule has 1 fully saturated rings. The Morgan fingerprint density at radius 1 is 1.42 bits per heavy atom. The predicted octanol–water partition coefficient (Wildman–Crippen LogP) is 0.695. The quantitative estimate of drug-likeness (QED) is 0.634. The largest absolute Gasteiger partial charge is 0.357 e. The molecule has 1 aliphatic heterocycles. The van der Waals surface area contributed by atoms with E-state index in [1.165, 1.54) is 0 Å². The molecule has 1 aliphatic rings. The van der Waals surface area contributed by atoms with Gasteiger partial charge in [0.25, 0.3) is 0 Å². The molecule has 3 heterocycles. The molecule has 8 heteroatoms. The highest BCUT2D eigenvalue weighted by Gasteiger charge is 2.39. The Labute approximate surface area is 151 Å². The fraction of sp³-hybridized carbons (Fsp3) is 0.444. The van der Waals surface area contributed by atoms with Crippen molar-refractivity contribution in [3.8, 4) is 0 Å². The lowest BCUT2D eigenvalue weighted by Gasteiger charge is -2.29. The second kappa shape index (κ2) is 7.99. The normalized spacial score (nSPS) is 19.5. The molecule has 3 amide bonds. The molecule has 0 aliphatic carbocycles. The number of pyridine rings is 1. The summed E-state index contributed by atoms with van der Waals surface area (Å²) in [6.45, 7) is 2.27. The average Bonchev–Trinajstić information content (AvgIpc) is 3.27. The highest BCUT2D eigenvalue weighted by Crippen LogP contribution is 2.26. The summed E-state index contributed by atoms with van der Waals surface area (Å²) >= 11 is 0. The van der Waals surface area contributed by atoms with Crippen molar-refractivity contribution in [3.05, 3.63) is 30.2 Å². The van der Waals surface area contributed by atoms with Crippen LogP contribution in [0.15, 0.2) is 24.5 Å². The zero-order valence-corrected chi connectivity index (χ0v) is 14.7. The Bertz CT molecular complexity index is 770. The van der Waals surface area contributed by atoms with Crippen LogP contribution in [0.25, 0.3) is 10.9 Å². The Morgan fingerprint density at radius 2 is 2.27 bits per heavy atom. The van der Waals surface area contributed by atoms with Gasteiger partial charge in [-0.2, -0.15) is 0 Å². The lowest BCUT2D eigenvalue weighted by molar-refractivity contribution is -0.140. The monoisotopic (exact) mass is 357 g/mol. The first-order valence-electron chi connectivity index (χ1n) is 8.81. The molecule has 8 nitrogen and oxygen atoms in total. The number of likely N-dealkylation sites (tertiary alicyclic amines) is 1. The van der Waals surface area contributed by atoms with Crippen LogP contribution in [0.4, 0.5) is 0 Å². The minimum atomic E-state index is -0.494. The summed E-state index contributed by atoms with van der Waals surface area (Å²) in [7, 11) is 0. The Kier molecular flexibility index (Phi) is 5.50. The fourth-order valence-electron chi connectivity index (χ4n) is 3.57. The Morgan fingerprint density at radius 3 is 3.00 bits per heavy atom. The molecule has 0 aromatic carbocycles. The van der Waals surface area contributed by atoms with Crippen LogP contribution < -0.4 is 10.6 Å². The number of aromatic nitrogens is 2. The lowest BCUT2D eigenvalue weighted by Crippen LogP contribution is -2.51. The van der Waals surface area contributed by atoms with Crippen molar-refractivity contribution < 1.29 is 14.4 Å². The van der Waals surface area contributed by atoms with Crippen molar-refractivity contribution in [2.75, 3.05) is 6.54 Å². The van der Waals surface area contributed by atoms with Gasteiger partial charge in [-0.15, -0.1) is 0 Å². The number of rotatable bonds is 7. The van der Waals surface area contributed by atoms with E-state index in [4.69, 9.17) is 0 Å². The first-order chi connectivity index (χ1) is 12.6. The maximum absolute atomic E-state index is 12.7. The van der Waals surface area contributed by atoms with E-state index in [9.17, 15) is 14.4 Å². The molecule has 0 radical (unpaired) electrons. The van der Waals surface area contributed by atoms with E-state index in [-0.39, 0.29) is 24.4 Å². The maximum atomic E-state index is 12.7. The van der Waals surface area contributed by atoms with Crippen molar-refractivity contribution in [1.29, 1.82) is 0 Å². The summed E-state index contributed by atoms with van der Waals surface area (Å²) in [4.78, 5) is 44.4. The van der Waals surface area contributed by atoms with E-state index in [2.05, 4.69) is 20.6 Å². The van der Waals surface area contributed by atoms with Gasteiger partial charge in [0, 0.05) is 35.0 Å². The Hall–Kier alpha value is -2.90. The Balaban J connectivity index is 1.65. The number of amides is 3. The standard InChI is InChI=1S/C18H23N5O3/c1-2-14-3-4-16(23(14)17(25)10-20-11-24)18(26)21-9-13-7-12-8-19-6-5-15(12)22-13/h5-8,11,14,16,22H,2-4,9-10H2,1H3,(H,20,24)(H,21,26). The van der Waals surface area contributed by atoms with Crippen LogP contribution in [-0.2, 0) is 20.9 Å². The summed E-state index contributed by atoms with van der Waals surface area (Å²) in [5.41, 5.74) is 1.85. The van der Waals surface area contributed by atoms with Crippen LogP contribution in [0.1, 0.15) is 31.9 Å². The molecule has 138 valence electrons. The summed E-state index contributed by atoms with van der Waals surface area (Å²) in [5, 5.41) is 6.29. The molecule has 2 aromatic heterocycles. The SMILES string of the molecule is CCC1CCC(C(=O)NCc2cc3cnccc3[nH]2)N1C(=O)CNC=O. The molecular weight excluding hydrogens is 334 g/mol. The maximum Gasteiger partial charge on any atom is 0.243 e. The number of aromatic amines is 1. The number of fused-ring (bicyclic) bond motifs is 1. The second-order valence-corrected chi connectivity index (χ2v) is 6.43. The van der Waals surface area contributed by atoms with Crippen LogP contribution in [0.2, 0.25) is 0 Å². The molecule has 2 unspecified atom stereocenters. The molecule has 2 atom stereocenters. The first kappa shape index (κ1) is 17.9. The minimum Gasteiger partial charge on any atom is -0.357 e. The third-order valence-electron chi connectivity index (χ3n) is 4.83. The van der Waals surface area contributed by atoms with Crippen LogP contribution in [-0.4, -0.2) is 51.7 Å². The third-order valence-corrected chi connectivity index (χ3v) is 4.83. The first-order valence-corrected chi connectivity index (χ1v) is 8.81. The van der Waals surface area contributed by atoms with Crippen LogP contribution in [0, 0.1) is 0 Å². The van der Waals surface area contributed by atoms with Crippen LogP contribution >= 0.6 is 0 Å². The second-order valence-electron chi connectivity index (χ2n) is 6.43. The number of nitrogens with one attached hydrogen (secondary N) is 3. The zero-order chi connectivity index (χ0) is 18.5. The smallest absolute Gasteiger partial charge is 0.243 e. The van der Waals surface area contributed by atoms with Gasteiger partial charge < -0.3 is 20.5 Å². The molecule has 0 spiro atoms. The van der Waals surface area contributed by atoms with E-state index in [0.29, 0.717) is 19.4 Å².